The van der Waals surface area contributed by atoms with Crippen LogP contribution < -0.4 is 4.90 Å². The molecule has 8 heteroatoms. The molecule has 0 bridgehead atoms. The third kappa shape index (κ3) is 3.96. The molecule has 0 N–H and O–H groups in total. The molecule has 174 valence electrons. The summed E-state index contributed by atoms with van der Waals surface area (Å²) in [5.74, 6) is 0.163. The smallest absolute Gasteiger partial charge is 0.243 e. The Hall–Kier alpha value is -1.93. The molecule has 5 rings (SSSR count). The van der Waals surface area contributed by atoms with Crippen LogP contribution in [0.15, 0.2) is 23.1 Å². The molecule has 7 nitrogen and oxygen atoms in total. The molecule has 4 aliphatic rings. The van der Waals surface area contributed by atoms with Crippen LogP contribution in [0.25, 0.3) is 0 Å². The standard InChI is InChI=1S/C24H33N3O4S/c1-17-14-20-15-21(9-10-22(20)27(17)24(29)18-7-8-18)32(30,31)26-13-5-6-19(16-26)23(28)25-11-3-2-4-12-25/h9-10,15,17-19H,2-8,11-14,16H2,1H3/t17-,19+/m0/s1. The number of benzene rings is 1. The number of rotatable bonds is 4. The maximum Gasteiger partial charge on any atom is 0.243 e. The fraction of sp³-hybridized carbons (Fsp3) is 0.667. The zero-order valence-corrected chi connectivity index (χ0v) is 19.6. The van der Waals surface area contributed by atoms with Crippen LogP contribution in [0.4, 0.5) is 5.69 Å². The highest BCUT2D eigenvalue weighted by molar-refractivity contribution is 7.89. The number of carbonyl (C=O) groups is 2. The van der Waals surface area contributed by atoms with E-state index in [2.05, 4.69) is 0 Å². The average molecular weight is 460 g/mol. The number of anilines is 1. The fourth-order valence-electron chi connectivity index (χ4n) is 5.51. The van der Waals surface area contributed by atoms with Crippen LogP contribution in [0.1, 0.15) is 57.4 Å². The van der Waals surface area contributed by atoms with Gasteiger partial charge in [-0.25, -0.2) is 8.42 Å². The summed E-state index contributed by atoms with van der Waals surface area (Å²) in [6, 6.07) is 5.23. The molecule has 1 aromatic rings. The van der Waals surface area contributed by atoms with Crippen LogP contribution in [0.5, 0.6) is 0 Å². The van der Waals surface area contributed by atoms with Gasteiger partial charge in [0.1, 0.15) is 0 Å². The highest BCUT2D eigenvalue weighted by atomic mass is 32.2. The lowest BCUT2D eigenvalue weighted by Gasteiger charge is -2.35. The zero-order valence-electron chi connectivity index (χ0n) is 18.8. The monoisotopic (exact) mass is 459 g/mol. The average Bonchev–Trinajstić information content (AvgIpc) is 3.60. The van der Waals surface area contributed by atoms with Gasteiger partial charge in [0, 0.05) is 43.8 Å². The summed E-state index contributed by atoms with van der Waals surface area (Å²) in [5.41, 5.74) is 1.77. The van der Waals surface area contributed by atoms with E-state index in [-0.39, 0.29) is 41.1 Å². The lowest BCUT2D eigenvalue weighted by Crippen LogP contribution is -2.47. The third-order valence-corrected chi connectivity index (χ3v) is 9.33. The predicted octanol–water partition coefficient (Wildman–Crippen LogP) is 2.79. The van der Waals surface area contributed by atoms with Gasteiger partial charge in [0.25, 0.3) is 0 Å². The molecule has 2 saturated heterocycles. The topological polar surface area (TPSA) is 78.0 Å². The normalized spacial score (nSPS) is 26.8. The van der Waals surface area contributed by atoms with E-state index in [0.717, 1.165) is 62.9 Å². The van der Waals surface area contributed by atoms with Crippen molar-refractivity contribution in [1.29, 1.82) is 0 Å². The Labute approximate surface area is 190 Å². The van der Waals surface area contributed by atoms with E-state index in [0.29, 0.717) is 19.4 Å². The number of hydrogen-bond donors (Lipinski definition) is 0. The van der Waals surface area contributed by atoms with Crippen molar-refractivity contribution in [1.82, 2.24) is 9.21 Å². The minimum absolute atomic E-state index is 0.0533. The number of carbonyl (C=O) groups excluding carboxylic acids is 2. The van der Waals surface area contributed by atoms with E-state index in [1.54, 1.807) is 18.2 Å². The van der Waals surface area contributed by atoms with Gasteiger partial charge in [-0.2, -0.15) is 4.31 Å². The summed E-state index contributed by atoms with van der Waals surface area (Å²) in [6.45, 7) is 4.32. The fourth-order valence-corrected chi connectivity index (χ4v) is 7.09. The van der Waals surface area contributed by atoms with Crippen molar-refractivity contribution in [2.45, 2.75) is 69.2 Å². The molecule has 1 aromatic carbocycles. The first-order chi connectivity index (χ1) is 15.4. The Morgan fingerprint density at radius 2 is 1.66 bits per heavy atom. The molecule has 32 heavy (non-hydrogen) atoms. The largest absolute Gasteiger partial charge is 0.342 e. The highest BCUT2D eigenvalue weighted by Gasteiger charge is 2.40. The van der Waals surface area contributed by atoms with Gasteiger partial charge in [-0.1, -0.05) is 0 Å². The van der Waals surface area contributed by atoms with Crippen LogP contribution in [0.3, 0.4) is 0 Å². The molecule has 0 unspecified atom stereocenters. The Bertz CT molecular complexity index is 1010. The molecule has 1 aliphatic carbocycles. The minimum Gasteiger partial charge on any atom is -0.342 e. The van der Waals surface area contributed by atoms with Crippen LogP contribution in [0, 0.1) is 11.8 Å². The molecule has 1 saturated carbocycles. The Morgan fingerprint density at radius 1 is 0.906 bits per heavy atom. The van der Waals surface area contributed by atoms with Crippen LogP contribution in [0.2, 0.25) is 0 Å². The van der Waals surface area contributed by atoms with Crippen molar-refractivity contribution in [2.24, 2.45) is 11.8 Å². The van der Waals surface area contributed by atoms with Crippen LogP contribution in [-0.2, 0) is 26.0 Å². The van der Waals surface area contributed by atoms with Gasteiger partial charge in [0.2, 0.25) is 21.8 Å². The molecule has 3 heterocycles. The summed E-state index contributed by atoms with van der Waals surface area (Å²) in [7, 11) is -3.68. The Kier molecular flexibility index (Phi) is 5.78. The second kappa shape index (κ2) is 8.45. The van der Waals surface area contributed by atoms with E-state index < -0.39 is 10.0 Å². The van der Waals surface area contributed by atoms with Gasteiger partial charge < -0.3 is 9.80 Å². The lowest BCUT2D eigenvalue weighted by atomic mass is 9.97. The third-order valence-electron chi connectivity index (χ3n) is 7.47. The van der Waals surface area contributed by atoms with Gasteiger partial charge in [0.05, 0.1) is 10.8 Å². The number of amides is 2. The molecule has 3 aliphatic heterocycles. The zero-order chi connectivity index (χ0) is 22.5. The van der Waals surface area contributed by atoms with E-state index in [1.807, 2.05) is 16.7 Å². The minimum atomic E-state index is -3.68. The first kappa shape index (κ1) is 21.9. The summed E-state index contributed by atoms with van der Waals surface area (Å²) in [4.78, 5) is 29.7. The second-order valence-electron chi connectivity index (χ2n) is 9.91. The van der Waals surface area contributed by atoms with E-state index >= 15 is 0 Å². The van der Waals surface area contributed by atoms with Crippen molar-refractivity contribution >= 4 is 27.5 Å². The second-order valence-corrected chi connectivity index (χ2v) is 11.9. The van der Waals surface area contributed by atoms with Gasteiger partial charge in [-0.05, 0) is 82.1 Å². The van der Waals surface area contributed by atoms with Crippen molar-refractivity contribution in [3.8, 4) is 0 Å². The van der Waals surface area contributed by atoms with Gasteiger partial charge in [-0.3, -0.25) is 9.59 Å². The summed E-state index contributed by atoms with van der Waals surface area (Å²) < 4.78 is 28.4. The van der Waals surface area contributed by atoms with E-state index in [4.69, 9.17) is 0 Å². The quantitative estimate of drug-likeness (QED) is 0.694. The number of nitrogens with zero attached hydrogens (tertiary/aromatic N) is 3. The van der Waals surface area contributed by atoms with Gasteiger partial charge in [0.15, 0.2) is 0 Å². The Morgan fingerprint density at radius 3 is 2.38 bits per heavy atom. The molecule has 3 fully saturated rings. The molecule has 0 radical (unpaired) electrons. The highest BCUT2D eigenvalue weighted by Crippen LogP contribution is 2.40. The molecule has 2 amide bonds. The summed E-state index contributed by atoms with van der Waals surface area (Å²) >= 11 is 0. The molecule has 0 aromatic heterocycles. The number of sulfonamides is 1. The maximum absolute atomic E-state index is 13.5. The lowest BCUT2D eigenvalue weighted by molar-refractivity contribution is -0.137. The number of hydrogen-bond acceptors (Lipinski definition) is 4. The van der Waals surface area contributed by atoms with Gasteiger partial charge in [-0.15, -0.1) is 0 Å². The number of piperidine rings is 2. The van der Waals surface area contributed by atoms with Crippen molar-refractivity contribution in [2.75, 3.05) is 31.1 Å². The predicted molar refractivity (Wildman–Crippen MR) is 122 cm³/mol. The van der Waals surface area contributed by atoms with Crippen molar-refractivity contribution in [3.63, 3.8) is 0 Å². The summed E-state index contributed by atoms with van der Waals surface area (Å²) in [5, 5.41) is 0. The number of likely N-dealkylation sites (tertiary alicyclic amines) is 1. The van der Waals surface area contributed by atoms with Gasteiger partial charge >= 0.3 is 0 Å². The first-order valence-corrected chi connectivity index (χ1v) is 13.5. The van der Waals surface area contributed by atoms with Crippen LogP contribution in [-0.4, -0.2) is 61.7 Å². The SMILES string of the molecule is C[C@H]1Cc2cc(S(=O)(=O)N3CCC[C@@H](C(=O)N4CCCCC4)C3)ccc2N1C(=O)C1CC1. The van der Waals surface area contributed by atoms with E-state index in [9.17, 15) is 18.0 Å². The maximum atomic E-state index is 13.5. The summed E-state index contributed by atoms with van der Waals surface area (Å²) in [6.07, 6.45) is 7.27. The van der Waals surface area contributed by atoms with Crippen molar-refractivity contribution < 1.29 is 18.0 Å². The van der Waals surface area contributed by atoms with Crippen LogP contribution >= 0.6 is 0 Å². The molecular weight excluding hydrogens is 426 g/mol. The molecular formula is C24H33N3O4S. The van der Waals surface area contributed by atoms with E-state index in [1.165, 1.54) is 4.31 Å². The Balaban J connectivity index is 1.34. The molecule has 0 spiro atoms. The van der Waals surface area contributed by atoms with Crippen molar-refractivity contribution in [3.05, 3.63) is 23.8 Å². The first-order valence-electron chi connectivity index (χ1n) is 12.1. The number of fused-ring (bicyclic) bond motifs is 1. The molecule has 2 atom stereocenters.